The van der Waals surface area contributed by atoms with Gasteiger partial charge in [0.05, 0.1) is 11.5 Å². The van der Waals surface area contributed by atoms with Crippen molar-refractivity contribution >= 4 is 5.91 Å². The van der Waals surface area contributed by atoms with Crippen molar-refractivity contribution in [3.05, 3.63) is 0 Å². The molecule has 0 aromatic heterocycles. The van der Waals surface area contributed by atoms with Crippen LogP contribution in [0.15, 0.2) is 0 Å². The third-order valence-electron chi connectivity index (χ3n) is 4.38. The molecule has 0 aromatic carbocycles. The molecule has 3 heterocycles. The minimum Gasteiger partial charge on any atom is -0.388 e. The van der Waals surface area contributed by atoms with Crippen molar-refractivity contribution in [2.45, 2.75) is 50.3 Å². The molecule has 3 fully saturated rings. The first-order valence-electron chi connectivity index (χ1n) is 6.32. The van der Waals surface area contributed by atoms with Crippen LogP contribution in [0.2, 0.25) is 0 Å². The van der Waals surface area contributed by atoms with Gasteiger partial charge in [0.25, 0.3) is 0 Å². The van der Waals surface area contributed by atoms with E-state index >= 15 is 0 Å². The van der Waals surface area contributed by atoms with E-state index in [0.717, 1.165) is 19.4 Å². The van der Waals surface area contributed by atoms with Gasteiger partial charge in [0, 0.05) is 25.2 Å². The molecule has 2 bridgehead atoms. The van der Waals surface area contributed by atoms with Gasteiger partial charge in [-0.2, -0.15) is 0 Å². The number of fused-ring (bicyclic) bond motifs is 2. The zero-order valence-corrected chi connectivity index (χ0v) is 9.78. The quantitative estimate of drug-likeness (QED) is 0.664. The summed E-state index contributed by atoms with van der Waals surface area (Å²) in [6.45, 7) is 3.05. The highest BCUT2D eigenvalue weighted by Gasteiger charge is 2.46. The normalized spacial score (nSPS) is 46.6. The van der Waals surface area contributed by atoms with E-state index in [1.54, 1.807) is 0 Å². The summed E-state index contributed by atoms with van der Waals surface area (Å²) in [5.41, 5.74) is -0.666. The van der Waals surface area contributed by atoms with Crippen molar-refractivity contribution in [3.8, 4) is 0 Å². The van der Waals surface area contributed by atoms with Gasteiger partial charge < -0.3 is 15.3 Å². The molecule has 4 heteroatoms. The molecule has 3 aliphatic rings. The summed E-state index contributed by atoms with van der Waals surface area (Å²) in [7, 11) is 0. The number of hydrogen-bond acceptors (Lipinski definition) is 3. The lowest BCUT2D eigenvalue weighted by atomic mass is 9.88. The van der Waals surface area contributed by atoms with Crippen LogP contribution in [0.4, 0.5) is 0 Å². The van der Waals surface area contributed by atoms with Gasteiger partial charge in [-0.3, -0.25) is 4.79 Å². The zero-order valence-electron chi connectivity index (χ0n) is 9.78. The van der Waals surface area contributed by atoms with Gasteiger partial charge in [0.2, 0.25) is 5.91 Å². The standard InChI is InChI=1S/C12H20N2O2/c1-12(16)4-5-14(7-12)11(15)9-6-8-2-3-10(9)13-8/h8-10,13,16H,2-7H2,1H3. The Kier molecular flexibility index (Phi) is 2.27. The molecule has 0 radical (unpaired) electrons. The number of nitrogens with zero attached hydrogens (tertiary/aromatic N) is 1. The van der Waals surface area contributed by atoms with Gasteiger partial charge in [0.15, 0.2) is 0 Å². The van der Waals surface area contributed by atoms with Crippen molar-refractivity contribution in [1.82, 2.24) is 10.2 Å². The Balaban J connectivity index is 1.66. The van der Waals surface area contributed by atoms with Crippen molar-refractivity contribution in [2.24, 2.45) is 5.92 Å². The third kappa shape index (κ3) is 1.64. The van der Waals surface area contributed by atoms with E-state index in [1.165, 1.54) is 6.42 Å². The van der Waals surface area contributed by atoms with Crippen LogP contribution in [0.25, 0.3) is 0 Å². The highest BCUT2D eigenvalue weighted by Crippen LogP contribution is 2.35. The number of amides is 1. The summed E-state index contributed by atoms with van der Waals surface area (Å²) in [5.74, 6) is 0.435. The molecule has 0 aliphatic carbocycles. The molecule has 0 aromatic rings. The van der Waals surface area contributed by atoms with Crippen LogP contribution in [0.5, 0.6) is 0 Å². The number of aliphatic hydroxyl groups is 1. The van der Waals surface area contributed by atoms with E-state index in [1.807, 2.05) is 11.8 Å². The van der Waals surface area contributed by atoms with E-state index in [0.29, 0.717) is 25.0 Å². The van der Waals surface area contributed by atoms with Crippen LogP contribution in [0.1, 0.15) is 32.6 Å². The van der Waals surface area contributed by atoms with E-state index in [4.69, 9.17) is 0 Å². The number of rotatable bonds is 1. The molecule has 4 unspecified atom stereocenters. The number of likely N-dealkylation sites (tertiary alicyclic amines) is 1. The highest BCUT2D eigenvalue weighted by atomic mass is 16.3. The second kappa shape index (κ2) is 3.44. The van der Waals surface area contributed by atoms with Crippen molar-refractivity contribution in [2.75, 3.05) is 13.1 Å². The van der Waals surface area contributed by atoms with Gasteiger partial charge in [-0.25, -0.2) is 0 Å². The molecule has 0 saturated carbocycles. The van der Waals surface area contributed by atoms with Crippen LogP contribution in [0, 0.1) is 5.92 Å². The maximum atomic E-state index is 12.3. The van der Waals surface area contributed by atoms with Crippen molar-refractivity contribution < 1.29 is 9.90 Å². The summed E-state index contributed by atoms with van der Waals surface area (Å²) in [5, 5.41) is 13.4. The number of carbonyl (C=O) groups is 1. The molecule has 4 nitrogen and oxygen atoms in total. The summed E-state index contributed by atoms with van der Waals surface area (Å²) in [6.07, 6.45) is 4.09. The Morgan fingerprint density at radius 1 is 1.50 bits per heavy atom. The fourth-order valence-electron chi connectivity index (χ4n) is 3.46. The van der Waals surface area contributed by atoms with Gasteiger partial charge in [-0.1, -0.05) is 0 Å². The average Bonchev–Trinajstić information content (AvgIpc) is 2.90. The second-order valence-electron chi connectivity index (χ2n) is 5.90. The molecule has 4 atom stereocenters. The molecular weight excluding hydrogens is 204 g/mol. The van der Waals surface area contributed by atoms with E-state index in [2.05, 4.69) is 5.32 Å². The molecular formula is C12H20N2O2. The van der Waals surface area contributed by atoms with Gasteiger partial charge in [-0.05, 0) is 32.6 Å². The summed E-state index contributed by atoms with van der Waals surface area (Å²) in [4.78, 5) is 14.2. The molecule has 3 rings (SSSR count). The molecule has 2 N–H and O–H groups in total. The molecule has 1 amide bonds. The molecule has 3 aliphatic heterocycles. The van der Waals surface area contributed by atoms with Crippen LogP contribution in [0.3, 0.4) is 0 Å². The Bertz CT molecular complexity index is 316. The average molecular weight is 224 g/mol. The highest BCUT2D eigenvalue weighted by molar-refractivity contribution is 5.80. The third-order valence-corrected chi connectivity index (χ3v) is 4.38. The lowest BCUT2D eigenvalue weighted by molar-refractivity contribution is -0.136. The predicted octanol–water partition coefficient (Wildman–Crippen LogP) is 0.110. The molecule has 16 heavy (non-hydrogen) atoms. The maximum absolute atomic E-state index is 12.3. The van der Waals surface area contributed by atoms with Crippen molar-refractivity contribution in [1.29, 1.82) is 0 Å². The Morgan fingerprint density at radius 3 is 2.81 bits per heavy atom. The van der Waals surface area contributed by atoms with Crippen LogP contribution < -0.4 is 5.32 Å². The molecule has 3 saturated heterocycles. The Morgan fingerprint density at radius 2 is 2.31 bits per heavy atom. The van der Waals surface area contributed by atoms with Gasteiger partial charge >= 0.3 is 0 Å². The lowest BCUT2D eigenvalue weighted by Crippen LogP contribution is -2.41. The van der Waals surface area contributed by atoms with Crippen LogP contribution in [-0.4, -0.2) is 46.7 Å². The van der Waals surface area contributed by atoms with Crippen LogP contribution in [-0.2, 0) is 4.79 Å². The summed E-state index contributed by atoms with van der Waals surface area (Å²) in [6, 6.07) is 0.977. The van der Waals surface area contributed by atoms with Gasteiger partial charge in [-0.15, -0.1) is 0 Å². The summed E-state index contributed by atoms with van der Waals surface area (Å²) >= 11 is 0. The number of nitrogens with one attached hydrogen (secondary N) is 1. The zero-order chi connectivity index (χ0) is 11.3. The van der Waals surface area contributed by atoms with Gasteiger partial charge in [0.1, 0.15) is 0 Å². The maximum Gasteiger partial charge on any atom is 0.227 e. The minimum absolute atomic E-state index is 0.174. The number of carbonyl (C=O) groups excluding carboxylic acids is 1. The van der Waals surface area contributed by atoms with Crippen molar-refractivity contribution in [3.63, 3.8) is 0 Å². The van der Waals surface area contributed by atoms with Crippen LogP contribution >= 0.6 is 0 Å². The topological polar surface area (TPSA) is 52.6 Å². The predicted molar refractivity (Wildman–Crippen MR) is 59.9 cm³/mol. The Labute approximate surface area is 96.0 Å². The smallest absolute Gasteiger partial charge is 0.227 e. The largest absolute Gasteiger partial charge is 0.388 e. The first kappa shape index (κ1) is 10.5. The monoisotopic (exact) mass is 224 g/mol. The van der Waals surface area contributed by atoms with E-state index in [9.17, 15) is 9.90 Å². The molecule has 0 spiro atoms. The SMILES string of the molecule is CC1(O)CCN(C(=O)C2CC3CCC2N3)C1. The number of hydrogen-bond donors (Lipinski definition) is 2. The molecule has 90 valence electrons. The fraction of sp³-hybridized carbons (Fsp3) is 0.917. The summed E-state index contributed by atoms with van der Waals surface area (Å²) < 4.78 is 0. The minimum atomic E-state index is -0.666. The second-order valence-corrected chi connectivity index (χ2v) is 5.90. The Hall–Kier alpha value is -0.610. The van der Waals surface area contributed by atoms with E-state index < -0.39 is 5.60 Å². The lowest BCUT2D eigenvalue weighted by Gasteiger charge is -2.26. The first-order chi connectivity index (χ1) is 7.55. The van der Waals surface area contributed by atoms with E-state index in [-0.39, 0.29) is 11.8 Å². The number of β-amino-alcohol motifs (C(OH)–C–C–N with tert-alkyl or cyclic N) is 1. The first-order valence-corrected chi connectivity index (χ1v) is 6.32. The fourth-order valence-corrected chi connectivity index (χ4v) is 3.46.